The van der Waals surface area contributed by atoms with Gasteiger partial charge in [-0.15, -0.1) is 24.0 Å². The third-order valence-electron chi connectivity index (χ3n) is 5.17. The largest absolute Gasteiger partial charge is 0.356 e. The lowest BCUT2D eigenvalue weighted by Gasteiger charge is -2.34. The maximum atomic E-state index is 4.35. The maximum absolute atomic E-state index is 4.35. The molecule has 126 valence electrons. The summed E-state index contributed by atoms with van der Waals surface area (Å²) in [6.45, 7) is 8.72. The second kappa shape index (κ2) is 9.18. The Morgan fingerprint density at radius 1 is 1.19 bits per heavy atom. The van der Waals surface area contributed by atoms with Gasteiger partial charge in [-0.2, -0.15) is 0 Å². The summed E-state index contributed by atoms with van der Waals surface area (Å²) in [4.78, 5) is 6.59. The third-order valence-corrected chi connectivity index (χ3v) is 5.17. The minimum absolute atomic E-state index is 0. The van der Waals surface area contributed by atoms with E-state index in [0.29, 0.717) is 5.41 Å². The van der Waals surface area contributed by atoms with Crippen LogP contribution in [-0.4, -0.2) is 50.6 Å². The average molecular weight is 410 g/mol. The molecular weight excluding hydrogens is 375 g/mol. The van der Waals surface area contributed by atoms with Crippen molar-refractivity contribution < 1.29 is 0 Å². The molecule has 0 radical (unpaired) electrons. The van der Waals surface area contributed by atoms with Crippen molar-refractivity contribution >= 4 is 29.9 Å². The van der Waals surface area contributed by atoms with Crippen molar-refractivity contribution in [1.82, 2.24) is 15.5 Å². The van der Waals surface area contributed by atoms with Gasteiger partial charge in [-0.05, 0) is 52.6 Å². The number of hydrogen-bond donors (Lipinski definition) is 2. The zero-order chi connectivity index (χ0) is 15.2. The molecule has 2 N–H and O–H groups in total. The van der Waals surface area contributed by atoms with Crippen molar-refractivity contribution in [2.24, 2.45) is 10.4 Å². The lowest BCUT2D eigenvalue weighted by Crippen LogP contribution is -2.51. The first-order chi connectivity index (χ1) is 9.35. The molecule has 0 saturated heterocycles. The normalized spacial score (nSPS) is 18.5. The first-order valence-corrected chi connectivity index (χ1v) is 7.97. The highest BCUT2D eigenvalue weighted by molar-refractivity contribution is 14.0. The topological polar surface area (TPSA) is 39.7 Å². The van der Waals surface area contributed by atoms with Crippen LogP contribution >= 0.6 is 24.0 Å². The molecule has 0 aliphatic heterocycles. The highest BCUT2D eigenvalue weighted by Gasteiger charge is 2.32. The summed E-state index contributed by atoms with van der Waals surface area (Å²) in [7, 11) is 6.08. The van der Waals surface area contributed by atoms with Crippen LogP contribution in [0.4, 0.5) is 0 Å². The first kappa shape index (κ1) is 21.0. The number of guanidine groups is 1. The average Bonchev–Trinajstić information content (AvgIpc) is 2.88. The van der Waals surface area contributed by atoms with E-state index in [0.717, 1.165) is 19.0 Å². The van der Waals surface area contributed by atoms with Crippen LogP contribution in [0.15, 0.2) is 4.99 Å². The predicted octanol–water partition coefficient (Wildman–Crippen LogP) is 3.08. The molecule has 0 spiro atoms. The summed E-state index contributed by atoms with van der Waals surface area (Å²) in [5.41, 5.74) is 0.613. The van der Waals surface area contributed by atoms with Gasteiger partial charge in [-0.25, -0.2) is 0 Å². The number of aliphatic imine (C=N–C) groups is 1. The Morgan fingerprint density at radius 3 is 2.19 bits per heavy atom. The lowest BCUT2D eigenvalue weighted by atomic mass is 9.83. The van der Waals surface area contributed by atoms with Crippen LogP contribution in [0.2, 0.25) is 0 Å². The number of hydrogen-bond acceptors (Lipinski definition) is 2. The molecule has 5 heteroatoms. The van der Waals surface area contributed by atoms with Crippen LogP contribution in [-0.2, 0) is 0 Å². The van der Waals surface area contributed by atoms with Crippen LogP contribution in [0, 0.1) is 5.41 Å². The summed E-state index contributed by atoms with van der Waals surface area (Å²) in [5.74, 6) is 0.930. The SMILES string of the molecule is CCC1(CNC(=NC)NCC(C)(C)N(C)C)CCCC1.I. The fourth-order valence-corrected chi connectivity index (χ4v) is 2.73. The molecule has 0 unspecified atom stereocenters. The van der Waals surface area contributed by atoms with E-state index < -0.39 is 0 Å². The van der Waals surface area contributed by atoms with E-state index >= 15 is 0 Å². The van der Waals surface area contributed by atoms with Crippen molar-refractivity contribution in [2.75, 3.05) is 34.2 Å². The van der Waals surface area contributed by atoms with E-state index in [1.807, 2.05) is 7.05 Å². The lowest BCUT2D eigenvalue weighted by molar-refractivity contribution is 0.197. The second-order valence-electron chi connectivity index (χ2n) is 7.05. The molecule has 0 aromatic heterocycles. The Balaban J connectivity index is 0.00000400. The minimum atomic E-state index is 0. The van der Waals surface area contributed by atoms with E-state index in [1.54, 1.807) is 0 Å². The highest BCUT2D eigenvalue weighted by atomic mass is 127. The van der Waals surface area contributed by atoms with Gasteiger partial charge in [0, 0.05) is 25.7 Å². The molecule has 1 rings (SSSR count). The van der Waals surface area contributed by atoms with Gasteiger partial charge in [0.2, 0.25) is 0 Å². The number of nitrogens with zero attached hydrogens (tertiary/aromatic N) is 2. The molecule has 1 saturated carbocycles. The van der Waals surface area contributed by atoms with Gasteiger partial charge >= 0.3 is 0 Å². The first-order valence-electron chi connectivity index (χ1n) is 7.97. The number of nitrogens with one attached hydrogen (secondary N) is 2. The standard InChI is InChI=1S/C16H34N4.HI/c1-7-16(10-8-9-11-16)13-19-14(17-4)18-12-15(2,3)20(5)6;/h7-13H2,1-6H3,(H2,17,18,19);1H. The summed E-state index contributed by atoms with van der Waals surface area (Å²) in [5, 5.41) is 6.99. The fraction of sp³-hybridized carbons (Fsp3) is 0.938. The minimum Gasteiger partial charge on any atom is -0.356 e. The molecule has 0 amide bonds. The monoisotopic (exact) mass is 410 g/mol. The molecule has 4 nitrogen and oxygen atoms in total. The number of halogens is 1. The van der Waals surface area contributed by atoms with Crippen molar-refractivity contribution in [3.63, 3.8) is 0 Å². The Morgan fingerprint density at radius 2 is 1.76 bits per heavy atom. The Kier molecular flexibility index (Phi) is 9.16. The fourth-order valence-electron chi connectivity index (χ4n) is 2.73. The molecule has 1 aliphatic rings. The molecule has 0 heterocycles. The van der Waals surface area contributed by atoms with Crippen molar-refractivity contribution in [1.29, 1.82) is 0 Å². The van der Waals surface area contributed by atoms with Gasteiger partial charge in [0.05, 0.1) is 0 Å². The van der Waals surface area contributed by atoms with Crippen LogP contribution < -0.4 is 10.6 Å². The molecule has 1 fully saturated rings. The molecule has 21 heavy (non-hydrogen) atoms. The zero-order valence-corrected chi connectivity index (χ0v) is 17.1. The van der Waals surface area contributed by atoms with E-state index in [1.165, 1.54) is 32.1 Å². The highest BCUT2D eigenvalue weighted by Crippen LogP contribution is 2.40. The summed E-state index contributed by atoms with van der Waals surface area (Å²) in [6.07, 6.45) is 6.75. The predicted molar refractivity (Wildman–Crippen MR) is 104 cm³/mol. The van der Waals surface area contributed by atoms with E-state index in [9.17, 15) is 0 Å². The van der Waals surface area contributed by atoms with Gasteiger partial charge in [0.25, 0.3) is 0 Å². The maximum Gasteiger partial charge on any atom is 0.191 e. The number of rotatable bonds is 6. The smallest absolute Gasteiger partial charge is 0.191 e. The van der Waals surface area contributed by atoms with Gasteiger partial charge in [-0.1, -0.05) is 19.8 Å². The van der Waals surface area contributed by atoms with Crippen molar-refractivity contribution in [3.05, 3.63) is 0 Å². The van der Waals surface area contributed by atoms with E-state index in [-0.39, 0.29) is 29.5 Å². The van der Waals surface area contributed by atoms with Crippen molar-refractivity contribution in [2.45, 2.75) is 58.4 Å². The Labute approximate surface area is 148 Å². The van der Waals surface area contributed by atoms with Crippen molar-refractivity contribution in [3.8, 4) is 0 Å². The quantitative estimate of drug-likeness (QED) is 0.402. The third kappa shape index (κ3) is 6.30. The van der Waals surface area contributed by atoms with Crippen LogP contribution in [0.1, 0.15) is 52.9 Å². The molecule has 0 bridgehead atoms. The molecular formula is C16H35IN4. The van der Waals surface area contributed by atoms with Gasteiger partial charge in [-0.3, -0.25) is 4.99 Å². The van der Waals surface area contributed by atoms with Crippen LogP contribution in [0.5, 0.6) is 0 Å². The van der Waals surface area contributed by atoms with Gasteiger partial charge in [0.15, 0.2) is 5.96 Å². The Hall–Kier alpha value is -0.0400. The van der Waals surface area contributed by atoms with Gasteiger partial charge < -0.3 is 15.5 Å². The molecule has 0 atom stereocenters. The molecule has 0 aromatic rings. The molecule has 1 aliphatic carbocycles. The summed E-state index contributed by atoms with van der Waals surface area (Å²) < 4.78 is 0. The van der Waals surface area contributed by atoms with E-state index in [2.05, 4.69) is 55.4 Å². The van der Waals surface area contributed by atoms with Gasteiger partial charge in [0.1, 0.15) is 0 Å². The molecule has 0 aromatic carbocycles. The summed E-state index contributed by atoms with van der Waals surface area (Å²) in [6, 6.07) is 0. The van der Waals surface area contributed by atoms with Crippen LogP contribution in [0.25, 0.3) is 0 Å². The van der Waals surface area contributed by atoms with E-state index in [4.69, 9.17) is 0 Å². The summed E-state index contributed by atoms with van der Waals surface area (Å²) >= 11 is 0. The Bertz CT molecular complexity index is 320. The number of likely N-dealkylation sites (N-methyl/N-ethyl adjacent to an activating group) is 1. The second-order valence-corrected chi connectivity index (χ2v) is 7.05. The zero-order valence-electron chi connectivity index (χ0n) is 14.8. The van der Waals surface area contributed by atoms with Crippen LogP contribution in [0.3, 0.4) is 0 Å².